The van der Waals surface area contributed by atoms with E-state index in [1.807, 2.05) is 0 Å². The van der Waals surface area contributed by atoms with Crippen LogP contribution in [0.1, 0.15) is 65.7 Å². The summed E-state index contributed by atoms with van der Waals surface area (Å²) in [5, 5.41) is 0. The Morgan fingerprint density at radius 2 is 1.86 bits per heavy atom. The second-order valence-corrected chi connectivity index (χ2v) is 5.55. The van der Waals surface area contributed by atoms with Crippen molar-refractivity contribution in [2.45, 2.75) is 71.3 Å². The van der Waals surface area contributed by atoms with E-state index in [2.05, 4.69) is 20.8 Å². The molecule has 1 rings (SSSR count). The second-order valence-electron chi connectivity index (χ2n) is 5.55. The van der Waals surface area contributed by atoms with Gasteiger partial charge in [0, 0.05) is 5.54 Å². The van der Waals surface area contributed by atoms with E-state index in [-0.39, 0.29) is 5.54 Å². The lowest BCUT2D eigenvalue weighted by Crippen LogP contribution is -2.43. The molecule has 1 aliphatic rings. The summed E-state index contributed by atoms with van der Waals surface area (Å²) in [7, 11) is 0. The molecule has 1 nitrogen and oxygen atoms in total. The molecule has 0 aliphatic heterocycles. The minimum absolute atomic E-state index is 0.196. The molecule has 14 heavy (non-hydrogen) atoms. The molecule has 1 fully saturated rings. The standard InChI is InChI=1S/C13H27N/c1-4-5-8-13(14)9-6-12(7-10-13)11(2)3/h11-12H,4-10,14H2,1-3H3. The van der Waals surface area contributed by atoms with E-state index in [0.29, 0.717) is 0 Å². The van der Waals surface area contributed by atoms with Crippen LogP contribution in [0.5, 0.6) is 0 Å². The molecule has 0 aromatic carbocycles. The summed E-state index contributed by atoms with van der Waals surface area (Å²) in [6, 6.07) is 0. The zero-order valence-electron chi connectivity index (χ0n) is 10.2. The van der Waals surface area contributed by atoms with Crippen LogP contribution in [0.25, 0.3) is 0 Å². The van der Waals surface area contributed by atoms with E-state index >= 15 is 0 Å². The quantitative estimate of drug-likeness (QED) is 0.730. The Labute approximate surface area is 89.5 Å². The molecule has 0 bridgehead atoms. The van der Waals surface area contributed by atoms with Crippen LogP contribution in [0.2, 0.25) is 0 Å². The first-order chi connectivity index (χ1) is 6.57. The Morgan fingerprint density at radius 3 is 2.29 bits per heavy atom. The Morgan fingerprint density at radius 1 is 1.29 bits per heavy atom. The van der Waals surface area contributed by atoms with Gasteiger partial charge in [-0.05, 0) is 43.9 Å². The van der Waals surface area contributed by atoms with Crippen LogP contribution in [-0.4, -0.2) is 5.54 Å². The fourth-order valence-electron chi connectivity index (χ4n) is 2.66. The van der Waals surface area contributed by atoms with Crippen LogP contribution in [0.15, 0.2) is 0 Å². The van der Waals surface area contributed by atoms with Crippen molar-refractivity contribution in [2.24, 2.45) is 17.6 Å². The van der Waals surface area contributed by atoms with Gasteiger partial charge in [0.15, 0.2) is 0 Å². The zero-order chi connectivity index (χ0) is 10.6. The van der Waals surface area contributed by atoms with Gasteiger partial charge in [0.1, 0.15) is 0 Å². The maximum Gasteiger partial charge on any atom is 0.0154 e. The molecule has 0 amide bonds. The van der Waals surface area contributed by atoms with Gasteiger partial charge in [-0.15, -0.1) is 0 Å². The molecule has 1 saturated carbocycles. The Hall–Kier alpha value is -0.0400. The summed E-state index contributed by atoms with van der Waals surface area (Å²) in [5.74, 6) is 1.79. The highest BCUT2D eigenvalue weighted by atomic mass is 14.7. The Kier molecular flexibility index (Phi) is 4.43. The molecule has 0 aromatic heterocycles. The van der Waals surface area contributed by atoms with Crippen molar-refractivity contribution in [3.05, 3.63) is 0 Å². The molecule has 0 radical (unpaired) electrons. The molecule has 0 atom stereocenters. The van der Waals surface area contributed by atoms with Gasteiger partial charge in [0.25, 0.3) is 0 Å². The molecule has 0 spiro atoms. The van der Waals surface area contributed by atoms with Gasteiger partial charge >= 0.3 is 0 Å². The van der Waals surface area contributed by atoms with Crippen molar-refractivity contribution in [3.8, 4) is 0 Å². The maximum absolute atomic E-state index is 6.41. The molecular formula is C13H27N. The molecular weight excluding hydrogens is 170 g/mol. The van der Waals surface area contributed by atoms with Gasteiger partial charge in [-0.2, -0.15) is 0 Å². The summed E-state index contributed by atoms with van der Waals surface area (Å²) in [5.41, 5.74) is 6.60. The molecule has 0 saturated heterocycles. The van der Waals surface area contributed by atoms with E-state index < -0.39 is 0 Å². The van der Waals surface area contributed by atoms with Crippen molar-refractivity contribution in [3.63, 3.8) is 0 Å². The summed E-state index contributed by atoms with van der Waals surface area (Å²) >= 11 is 0. The van der Waals surface area contributed by atoms with Crippen LogP contribution < -0.4 is 5.73 Å². The largest absolute Gasteiger partial charge is 0.325 e. The lowest BCUT2D eigenvalue weighted by atomic mass is 9.71. The summed E-state index contributed by atoms with van der Waals surface area (Å²) < 4.78 is 0. The SMILES string of the molecule is CCCCC1(N)CCC(C(C)C)CC1. The van der Waals surface area contributed by atoms with E-state index in [0.717, 1.165) is 11.8 Å². The van der Waals surface area contributed by atoms with Gasteiger partial charge in [-0.1, -0.05) is 33.6 Å². The third-order valence-corrected chi connectivity index (χ3v) is 4.00. The number of nitrogens with two attached hydrogens (primary N) is 1. The molecule has 1 heteroatoms. The first kappa shape index (κ1) is 12.0. The van der Waals surface area contributed by atoms with Crippen LogP contribution in [0.3, 0.4) is 0 Å². The van der Waals surface area contributed by atoms with Gasteiger partial charge in [0.05, 0.1) is 0 Å². The molecule has 0 aromatic rings. The highest BCUT2D eigenvalue weighted by Crippen LogP contribution is 2.36. The third-order valence-electron chi connectivity index (χ3n) is 4.00. The van der Waals surface area contributed by atoms with Gasteiger partial charge in [-0.3, -0.25) is 0 Å². The monoisotopic (exact) mass is 197 g/mol. The summed E-state index contributed by atoms with van der Waals surface area (Å²) in [4.78, 5) is 0. The van der Waals surface area contributed by atoms with E-state index in [1.54, 1.807) is 0 Å². The van der Waals surface area contributed by atoms with E-state index in [1.165, 1.54) is 44.9 Å². The van der Waals surface area contributed by atoms with Crippen molar-refractivity contribution in [1.29, 1.82) is 0 Å². The highest BCUT2D eigenvalue weighted by Gasteiger charge is 2.31. The first-order valence-corrected chi connectivity index (χ1v) is 6.36. The topological polar surface area (TPSA) is 26.0 Å². The first-order valence-electron chi connectivity index (χ1n) is 6.36. The van der Waals surface area contributed by atoms with Crippen molar-refractivity contribution in [2.75, 3.05) is 0 Å². The molecule has 0 unspecified atom stereocenters. The van der Waals surface area contributed by atoms with Crippen LogP contribution in [-0.2, 0) is 0 Å². The number of rotatable bonds is 4. The Bertz CT molecular complexity index is 155. The predicted octanol–water partition coefficient (Wildman–Crippen LogP) is 3.72. The number of unbranched alkanes of at least 4 members (excludes halogenated alkanes) is 1. The molecule has 84 valence electrons. The highest BCUT2D eigenvalue weighted by molar-refractivity contribution is 4.90. The van der Waals surface area contributed by atoms with Crippen LogP contribution >= 0.6 is 0 Å². The lowest BCUT2D eigenvalue weighted by molar-refractivity contribution is 0.184. The molecule has 0 heterocycles. The normalized spacial score (nSPS) is 33.6. The minimum atomic E-state index is 0.196. The number of hydrogen-bond acceptors (Lipinski definition) is 1. The fourth-order valence-corrected chi connectivity index (χ4v) is 2.66. The van der Waals surface area contributed by atoms with E-state index in [9.17, 15) is 0 Å². The Balaban J connectivity index is 2.33. The van der Waals surface area contributed by atoms with Gasteiger partial charge in [-0.25, -0.2) is 0 Å². The average molecular weight is 197 g/mol. The molecule has 1 aliphatic carbocycles. The third kappa shape index (κ3) is 3.27. The second kappa shape index (κ2) is 5.16. The van der Waals surface area contributed by atoms with Gasteiger partial charge < -0.3 is 5.73 Å². The molecule has 2 N–H and O–H groups in total. The van der Waals surface area contributed by atoms with E-state index in [4.69, 9.17) is 5.73 Å². The summed E-state index contributed by atoms with van der Waals surface area (Å²) in [6.45, 7) is 6.95. The van der Waals surface area contributed by atoms with Gasteiger partial charge in [0.2, 0.25) is 0 Å². The maximum atomic E-state index is 6.41. The lowest BCUT2D eigenvalue weighted by Gasteiger charge is -2.38. The summed E-state index contributed by atoms with van der Waals surface area (Å²) in [6.07, 6.45) is 9.07. The predicted molar refractivity (Wildman–Crippen MR) is 63.2 cm³/mol. The van der Waals surface area contributed by atoms with Crippen molar-refractivity contribution in [1.82, 2.24) is 0 Å². The van der Waals surface area contributed by atoms with Crippen molar-refractivity contribution >= 4 is 0 Å². The smallest absolute Gasteiger partial charge is 0.0154 e. The minimum Gasteiger partial charge on any atom is -0.325 e. The van der Waals surface area contributed by atoms with Crippen LogP contribution in [0.4, 0.5) is 0 Å². The van der Waals surface area contributed by atoms with Crippen molar-refractivity contribution < 1.29 is 0 Å². The average Bonchev–Trinajstić information content (AvgIpc) is 2.16. The number of hydrogen-bond donors (Lipinski definition) is 1. The fraction of sp³-hybridized carbons (Fsp3) is 1.00. The zero-order valence-corrected chi connectivity index (χ0v) is 10.2. The van der Waals surface area contributed by atoms with Crippen LogP contribution in [0, 0.1) is 11.8 Å².